The normalized spacial score (nSPS) is 16.9. The Morgan fingerprint density at radius 2 is 2.13 bits per heavy atom. The SMILES string of the molecule is C[C@H](Cc1cnccn1)N(C)Cc1ccc2c(c1)CC(C)(C)O2. The van der Waals surface area contributed by atoms with E-state index in [1.807, 2.05) is 6.20 Å². The van der Waals surface area contributed by atoms with E-state index in [4.69, 9.17) is 4.74 Å². The van der Waals surface area contributed by atoms with Gasteiger partial charge in [-0.15, -0.1) is 0 Å². The van der Waals surface area contributed by atoms with Crippen molar-refractivity contribution in [3.05, 3.63) is 53.6 Å². The molecular weight excluding hydrogens is 286 g/mol. The van der Waals surface area contributed by atoms with Gasteiger partial charge in [0.05, 0.1) is 5.69 Å². The molecule has 122 valence electrons. The number of aromatic nitrogens is 2. The van der Waals surface area contributed by atoms with Crippen LogP contribution in [0.15, 0.2) is 36.8 Å². The van der Waals surface area contributed by atoms with Gasteiger partial charge in [-0.3, -0.25) is 14.9 Å². The second kappa shape index (κ2) is 6.28. The Kier molecular flexibility index (Phi) is 4.35. The lowest BCUT2D eigenvalue weighted by Gasteiger charge is -2.24. The molecule has 2 heterocycles. The molecule has 0 saturated carbocycles. The van der Waals surface area contributed by atoms with E-state index in [-0.39, 0.29) is 5.60 Å². The number of benzene rings is 1. The van der Waals surface area contributed by atoms with Crippen molar-refractivity contribution in [2.75, 3.05) is 7.05 Å². The highest BCUT2D eigenvalue weighted by atomic mass is 16.5. The third-order valence-electron chi connectivity index (χ3n) is 4.43. The molecule has 0 aliphatic carbocycles. The van der Waals surface area contributed by atoms with E-state index in [0.29, 0.717) is 6.04 Å². The third kappa shape index (κ3) is 3.88. The van der Waals surface area contributed by atoms with Gasteiger partial charge in [-0.05, 0) is 45.0 Å². The Morgan fingerprint density at radius 3 is 2.87 bits per heavy atom. The Balaban J connectivity index is 1.63. The quantitative estimate of drug-likeness (QED) is 0.849. The van der Waals surface area contributed by atoms with E-state index in [0.717, 1.165) is 30.8 Å². The van der Waals surface area contributed by atoms with Crippen molar-refractivity contribution in [1.29, 1.82) is 0 Å². The van der Waals surface area contributed by atoms with Crippen LogP contribution in [-0.4, -0.2) is 33.6 Å². The molecular formula is C19H25N3O. The van der Waals surface area contributed by atoms with E-state index in [9.17, 15) is 0 Å². The fourth-order valence-corrected chi connectivity index (χ4v) is 3.10. The summed E-state index contributed by atoms with van der Waals surface area (Å²) in [5, 5.41) is 0. The minimum atomic E-state index is -0.0773. The van der Waals surface area contributed by atoms with E-state index in [2.05, 4.69) is 60.9 Å². The van der Waals surface area contributed by atoms with Crippen molar-refractivity contribution in [2.24, 2.45) is 0 Å². The maximum Gasteiger partial charge on any atom is 0.123 e. The maximum absolute atomic E-state index is 5.95. The first kappa shape index (κ1) is 15.9. The van der Waals surface area contributed by atoms with Crippen LogP contribution in [-0.2, 0) is 19.4 Å². The first-order valence-corrected chi connectivity index (χ1v) is 8.19. The fourth-order valence-electron chi connectivity index (χ4n) is 3.10. The van der Waals surface area contributed by atoms with Crippen LogP contribution in [0.2, 0.25) is 0 Å². The standard InChI is InChI=1S/C19H25N3O/c1-14(9-17-12-20-7-8-21-17)22(4)13-15-5-6-18-16(10-15)11-19(2,3)23-18/h5-8,10,12,14H,9,11,13H2,1-4H3/t14-/m1/s1. The Hall–Kier alpha value is -1.94. The number of fused-ring (bicyclic) bond motifs is 1. The van der Waals surface area contributed by atoms with Crippen molar-refractivity contribution in [3.63, 3.8) is 0 Å². The first-order chi connectivity index (χ1) is 10.9. The molecule has 0 unspecified atom stereocenters. The second-order valence-electron chi connectivity index (χ2n) is 7.15. The van der Waals surface area contributed by atoms with Gasteiger partial charge >= 0.3 is 0 Å². The van der Waals surface area contributed by atoms with Crippen molar-refractivity contribution >= 4 is 0 Å². The lowest BCUT2D eigenvalue weighted by atomic mass is 10.00. The number of hydrogen-bond donors (Lipinski definition) is 0. The summed E-state index contributed by atoms with van der Waals surface area (Å²) in [6.07, 6.45) is 7.20. The van der Waals surface area contributed by atoms with Crippen LogP contribution >= 0.6 is 0 Å². The van der Waals surface area contributed by atoms with Gasteiger partial charge in [0.1, 0.15) is 11.4 Å². The molecule has 1 aromatic carbocycles. The molecule has 0 saturated heterocycles. The van der Waals surface area contributed by atoms with Crippen LogP contribution in [0.5, 0.6) is 5.75 Å². The smallest absolute Gasteiger partial charge is 0.123 e. The highest BCUT2D eigenvalue weighted by molar-refractivity contribution is 5.41. The van der Waals surface area contributed by atoms with E-state index in [1.165, 1.54) is 11.1 Å². The summed E-state index contributed by atoms with van der Waals surface area (Å²) in [4.78, 5) is 10.9. The Bertz CT molecular complexity index is 670. The molecule has 0 fully saturated rings. The number of likely N-dealkylation sites (N-methyl/N-ethyl adjacent to an activating group) is 1. The summed E-state index contributed by atoms with van der Waals surface area (Å²) in [7, 11) is 2.16. The molecule has 0 N–H and O–H groups in total. The molecule has 0 radical (unpaired) electrons. The fraction of sp³-hybridized carbons (Fsp3) is 0.474. The largest absolute Gasteiger partial charge is 0.487 e. The second-order valence-corrected chi connectivity index (χ2v) is 7.15. The van der Waals surface area contributed by atoms with Crippen molar-refractivity contribution in [1.82, 2.24) is 14.9 Å². The van der Waals surface area contributed by atoms with Crippen LogP contribution in [0.1, 0.15) is 37.6 Å². The molecule has 1 aromatic heterocycles. The van der Waals surface area contributed by atoms with Gasteiger partial charge in [0.25, 0.3) is 0 Å². The molecule has 4 nitrogen and oxygen atoms in total. The molecule has 23 heavy (non-hydrogen) atoms. The van der Waals surface area contributed by atoms with Crippen LogP contribution in [0.3, 0.4) is 0 Å². The third-order valence-corrected chi connectivity index (χ3v) is 4.43. The molecule has 1 aliphatic heterocycles. The zero-order chi connectivity index (χ0) is 16.4. The predicted octanol–water partition coefficient (Wildman–Crippen LogP) is 3.25. The summed E-state index contributed by atoms with van der Waals surface area (Å²) in [5.74, 6) is 1.04. The summed E-state index contributed by atoms with van der Waals surface area (Å²) < 4.78 is 5.95. The Labute approximate surface area is 138 Å². The van der Waals surface area contributed by atoms with E-state index in [1.54, 1.807) is 12.4 Å². The van der Waals surface area contributed by atoms with Gasteiger partial charge in [-0.2, -0.15) is 0 Å². The molecule has 2 aromatic rings. The molecule has 1 atom stereocenters. The van der Waals surface area contributed by atoms with Gasteiger partial charge in [-0.25, -0.2) is 0 Å². The number of rotatable bonds is 5. The zero-order valence-electron chi connectivity index (χ0n) is 14.4. The van der Waals surface area contributed by atoms with Crippen molar-refractivity contribution < 1.29 is 4.74 Å². The van der Waals surface area contributed by atoms with Gasteiger partial charge < -0.3 is 4.74 Å². The molecule has 1 aliphatic rings. The molecule has 0 spiro atoms. The monoisotopic (exact) mass is 311 g/mol. The average molecular weight is 311 g/mol. The summed E-state index contributed by atoms with van der Waals surface area (Å²) >= 11 is 0. The highest BCUT2D eigenvalue weighted by Crippen LogP contribution is 2.35. The van der Waals surface area contributed by atoms with E-state index < -0.39 is 0 Å². The molecule has 3 rings (SSSR count). The lowest BCUT2D eigenvalue weighted by Crippen LogP contribution is -2.30. The average Bonchev–Trinajstić information content (AvgIpc) is 2.81. The Morgan fingerprint density at radius 1 is 1.30 bits per heavy atom. The topological polar surface area (TPSA) is 38.2 Å². The predicted molar refractivity (Wildman–Crippen MR) is 91.5 cm³/mol. The number of ether oxygens (including phenoxy) is 1. The number of hydrogen-bond acceptors (Lipinski definition) is 4. The minimum absolute atomic E-state index is 0.0773. The number of nitrogens with zero attached hydrogens (tertiary/aromatic N) is 3. The van der Waals surface area contributed by atoms with Crippen LogP contribution in [0.4, 0.5) is 0 Å². The highest BCUT2D eigenvalue weighted by Gasteiger charge is 2.29. The summed E-state index contributed by atoms with van der Waals surface area (Å²) in [6, 6.07) is 6.98. The maximum atomic E-state index is 5.95. The van der Waals surface area contributed by atoms with Crippen LogP contribution < -0.4 is 4.74 Å². The first-order valence-electron chi connectivity index (χ1n) is 8.19. The van der Waals surface area contributed by atoms with E-state index >= 15 is 0 Å². The van der Waals surface area contributed by atoms with Crippen LogP contribution in [0.25, 0.3) is 0 Å². The molecule has 4 heteroatoms. The van der Waals surface area contributed by atoms with Gasteiger partial charge in [0.2, 0.25) is 0 Å². The van der Waals surface area contributed by atoms with Gasteiger partial charge in [0.15, 0.2) is 0 Å². The van der Waals surface area contributed by atoms with Gasteiger partial charge in [-0.1, -0.05) is 12.1 Å². The molecule has 0 bridgehead atoms. The molecule has 0 amide bonds. The van der Waals surface area contributed by atoms with Crippen molar-refractivity contribution in [2.45, 2.75) is 51.8 Å². The lowest BCUT2D eigenvalue weighted by molar-refractivity contribution is 0.138. The zero-order valence-corrected chi connectivity index (χ0v) is 14.4. The van der Waals surface area contributed by atoms with Crippen molar-refractivity contribution in [3.8, 4) is 5.75 Å². The minimum Gasteiger partial charge on any atom is -0.487 e. The summed E-state index contributed by atoms with van der Waals surface area (Å²) in [6.45, 7) is 7.44. The van der Waals surface area contributed by atoms with Crippen LogP contribution in [0, 0.1) is 0 Å². The summed E-state index contributed by atoms with van der Waals surface area (Å²) in [5.41, 5.74) is 3.61. The van der Waals surface area contributed by atoms with Gasteiger partial charge in [0, 0.05) is 44.0 Å².